The molecule has 0 bridgehead atoms. The Labute approximate surface area is 106 Å². The SMILES string of the molecule is c1ccc(-c2ccc(C3OCCCO3)cc2)nc1. The molecule has 0 saturated carbocycles. The Kier molecular flexibility index (Phi) is 3.35. The van der Waals surface area contributed by atoms with Gasteiger partial charge in [-0.3, -0.25) is 4.98 Å². The highest BCUT2D eigenvalue weighted by molar-refractivity contribution is 5.59. The summed E-state index contributed by atoms with van der Waals surface area (Å²) in [7, 11) is 0. The van der Waals surface area contributed by atoms with Gasteiger partial charge in [-0.2, -0.15) is 0 Å². The summed E-state index contributed by atoms with van der Waals surface area (Å²) >= 11 is 0. The first kappa shape index (κ1) is 11.4. The Morgan fingerprint density at radius 1 is 0.944 bits per heavy atom. The molecule has 18 heavy (non-hydrogen) atoms. The molecule has 1 saturated heterocycles. The zero-order chi connectivity index (χ0) is 12.2. The summed E-state index contributed by atoms with van der Waals surface area (Å²) in [6, 6.07) is 14.1. The molecule has 1 aromatic carbocycles. The van der Waals surface area contributed by atoms with E-state index >= 15 is 0 Å². The van der Waals surface area contributed by atoms with Crippen molar-refractivity contribution < 1.29 is 9.47 Å². The molecule has 0 aliphatic carbocycles. The molecule has 2 heterocycles. The summed E-state index contributed by atoms with van der Waals surface area (Å²) in [6.45, 7) is 1.54. The highest BCUT2D eigenvalue weighted by Crippen LogP contribution is 2.25. The highest BCUT2D eigenvalue weighted by Gasteiger charge is 2.16. The van der Waals surface area contributed by atoms with Gasteiger partial charge in [0, 0.05) is 17.3 Å². The molecule has 0 N–H and O–H groups in total. The molecule has 3 rings (SSSR count). The van der Waals surface area contributed by atoms with Crippen molar-refractivity contribution >= 4 is 0 Å². The topological polar surface area (TPSA) is 31.4 Å². The quantitative estimate of drug-likeness (QED) is 0.809. The smallest absolute Gasteiger partial charge is 0.183 e. The number of pyridine rings is 1. The fourth-order valence-electron chi connectivity index (χ4n) is 2.02. The van der Waals surface area contributed by atoms with E-state index in [0.29, 0.717) is 0 Å². The lowest BCUT2D eigenvalue weighted by Crippen LogP contribution is -2.17. The zero-order valence-corrected chi connectivity index (χ0v) is 10.1. The molecule has 1 aromatic heterocycles. The number of rotatable bonds is 2. The van der Waals surface area contributed by atoms with Crippen molar-refractivity contribution in [3.05, 3.63) is 54.2 Å². The van der Waals surface area contributed by atoms with Crippen molar-refractivity contribution in [3.8, 4) is 11.3 Å². The van der Waals surface area contributed by atoms with E-state index in [4.69, 9.17) is 9.47 Å². The third-order valence-corrected chi connectivity index (χ3v) is 2.97. The fraction of sp³-hybridized carbons (Fsp3) is 0.267. The second-order valence-corrected chi connectivity index (χ2v) is 4.26. The van der Waals surface area contributed by atoms with Gasteiger partial charge in [0.1, 0.15) is 0 Å². The van der Waals surface area contributed by atoms with Crippen LogP contribution < -0.4 is 0 Å². The first-order valence-corrected chi connectivity index (χ1v) is 6.18. The molecular formula is C15H15NO2. The molecule has 0 radical (unpaired) electrons. The van der Waals surface area contributed by atoms with Gasteiger partial charge in [0.25, 0.3) is 0 Å². The summed E-state index contributed by atoms with van der Waals surface area (Å²) in [4.78, 5) is 4.33. The number of benzene rings is 1. The van der Waals surface area contributed by atoms with Crippen LogP contribution in [0.5, 0.6) is 0 Å². The lowest BCUT2D eigenvalue weighted by molar-refractivity contribution is -0.183. The van der Waals surface area contributed by atoms with E-state index in [-0.39, 0.29) is 6.29 Å². The Hall–Kier alpha value is -1.71. The van der Waals surface area contributed by atoms with Crippen LogP contribution in [0, 0.1) is 0 Å². The van der Waals surface area contributed by atoms with Crippen LogP contribution >= 0.6 is 0 Å². The fourth-order valence-corrected chi connectivity index (χ4v) is 2.02. The van der Waals surface area contributed by atoms with E-state index in [1.54, 1.807) is 6.20 Å². The minimum absolute atomic E-state index is 0.212. The van der Waals surface area contributed by atoms with E-state index in [9.17, 15) is 0 Å². The third kappa shape index (κ3) is 2.42. The molecular weight excluding hydrogens is 226 g/mol. The molecule has 1 aliphatic heterocycles. The average molecular weight is 241 g/mol. The molecule has 3 nitrogen and oxygen atoms in total. The third-order valence-electron chi connectivity index (χ3n) is 2.97. The maximum Gasteiger partial charge on any atom is 0.183 e. The maximum atomic E-state index is 5.57. The zero-order valence-electron chi connectivity index (χ0n) is 10.1. The standard InChI is InChI=1S/C15H15NO2/c1-2-9-16-14(4-1)12-5-7-13(8-6-12)15-17-10-3-11-18-15/h1-2,4-9,15H,3,10-11H2. The molecule has 3 heteroatoms. The van der Waals surface area contributed by atoms with E-state index in [0.717, 1.165) is 36.5 Å². The molecule has 92 valence electrons. The van der Waals surface area contributed by atoms with Crippen molar-refractivity contribution in [3.63, 3.8) is 0 Å². The van der Waals surface area contributed by atoms with Crippen LogP contribution in [-0.4, -0.2) is 18.2 Å². The monoisotopic (exact) mass is 241 g/mol. The summed E-state index contributed by atoms with van der Waals surface area (Å²) in [6.07, 6.45) is 2.57. The van der Waals surface area contributed by atoms with E-state index in [1.807, 2.05) is 30.3 Å². The first-order valence-electron chi connectivity index (χ1n) is 6.18. The van der Waals surface area contributed by atoms with Crippen LogP contribution in [0.3, 0.4) is 0 Å². The minimum atomic E-state index is -0.212. The van der Waals surface area contributed by atoms with Crippen molar-refractivity contribution in [1.82, 2.24) is 4.98 Å². The van der Waals surface area contributed by atoms with E-state index < -0.39 is 0 Å². The number of hydrogen-bond donors (Lipinski definition) is 0. The molecule has 2 aromatic rings. The largest absolute Gasteiger partial charge is 0.348 e. The Morgan fingerprint density at radius 2 is 1.72 bits per heavy atom. The number of hydrogen-bond acceptors (Lipinski definition) is 3. The lowest BCUT2D eigenvalue weighted by Gasteiger charge is -2.23. The Balaban J connectivity index is 1.80. The normalized spacial score (nSPS) is 16.7. The van der Waals surface area contributed by atoms with Crippen LogP contribution in [0.1, 0.15) is 18.3 Å². The van der Waals surface area contributed by atoms with Crippen LogP contribution in [-0.2, 0) is 9.47 Å². The van der Waals surface area contributed by atoms with Gasteiger partial charge < -0.3 is 9.47 Å². The number of aromatic nitrogens is 1. The summed E-state index contributed by atoms with van der Waals surface area (Å²) < 4.78 is 11.1. The highest BCUT2D eigenvalue weighted by atomic mass is 16.7. The van der Waals surface area contributed by atoms with Gasteiger partial charge >= 0.3 is 0 Å². The molecule has 0 atom stereocenters. The van der Waals surface area contributed by atoms with Gasteiger partial charge in [-0.05, 0) is 18.6 Å². The average Bonchev–Trinajstić information content (AvgIpc) is 2.49. The van der Waals surface area contributed by atoms with Crippen molar-refractivity contribution in [2.75, 3.05) is 13.2 Å². The molecule has 1 aliphatic rings. The summed E-state index contributed by atoms with van der Waals surface area (Å²) in [5.41, 5.74) is 3.15. The van der Waals surface area contributed by atoms with Crippen molar-refractivity contribution in [1.29, 1.82) is 0 Å². The van der Waals surface area contributed by atoms with Gasteiger partial charge in [-0.25, -0.2) is 0 Å². The molecule has 0 spiro atoms. The molecule has 0 unspecified atom stereocenters. The number of nitrogens with zero attached hydrogens (tertiary/aromatic N) is 1. The van der Waals surface area contributed by atoms with Gasteiger partial charge in [0.05, 0.1) is 18.9 Å². The second kappa shape index (κ2) is 5.29. The lowest BCUT2D eigenvalue weighted by atomic mass is 10.1. The van der Waals surface area contributed by atoms with Gasteiger partial charge in [0.2, 0.25) is 0 Å². The van der Waals surface area contributed by atoms with E-state index in [2.05, 4.69) is 17.1 Å². The van der Waals surface area contributed by atoms with Gasteiger partial charge in [-0.15, -0.1) is 0 Å². The van der Waals surface area contributed by atoms with E-state index in [1.165, 1.54) is 0 Å². The molecule has 1 fully saturated rings. The number of ether oxygens (including phenoxy) is 2. The van der Waals surface area contributed by atoms with Crippen molar-refractivity contribution in [2.45, 2.75) is 12.7 Å². The van der Waals surface area contributed by atoms with Crippen LogP contribution in [0.2, 0.25) is 0 Å². The Morgan fingerprint density at radius 3 is 2.39 bits per heavy atom. The predicted molar refractivity (Wildman–Crippen MR) is 68.9 cm³/mol. The minimum Gasteiger partial charge on any atom is -0.348 e. The molecule has 0 amide bonds. The van der Waals surface area contributed by atoms with Crippen LogP contribution in [0.15, 0.2) is 48.7 Å². The summed E-state index contributed by atoms with van der Waals surface area (Å²) in [5.74, 6) is 0. The van der Waals surface area contributed by atoms with Gasteiger partial charge in [0.15, 0.2) is 6.29 Å². The first-order chi connectivity index (χ1) is 8.93. The van der Waals surface area contributed by atoms with Crippen molar-refractivity contribution in [2.24, 2.45) is 0 Å². The maximum absolute atomic E-state index is 5.57. The van der Waals surface area contributed by atoms with Gasteiger partial charge in [-0.1, -0.05) is 30.3 Å². The van der Waals surface area contributed by atoms with Crippen LogP contribution in [0.25, 0.3) is 11.3 Å². The predicted octanol–water partition coefficient (Wildman–Crippen LogP) is 3.18. The Bertz CT molecular complexity index is 490. The second-order valence-electron chi connectivity index (χ2n) is 4.26. The van der Waals surface area contributed by atoms with Crippen LogP contribution in [0.4, 0.5) is 0 Å². The summed E-state index contributed by atoms with van der Waals surface area (Å²) in [5, 5.41) is 0.